The van der Waals surface area contributed by atoms with E-state index in [4.69, 9.17) is 21.1 Å². The summed E-state index contributed by atoms with van der Waals surface area (Å²) >= 11 is 6.29. The molecule has 4 fully saturated rings. The molecule has 1 aromatic rings. The number of halogens is 1. The first-order chi connectivity index (χ1) is 25.5. The van der Waals surface area contributed by atoms with Gasteiger partial charge in [-0.1, -0.05) is 72.2 Å². The summed E-state index contributed by atoms with van der Waals surface area (Å²) in [4.78, 5) is 52.0. The second kappa shape index (κ2) is 14.6. The average molecular weight is 780 g/mol. The molecule has 0 amide bonds. The highest BCUT2D eigenvalue weighted by Crippen LogP contribution is 2.77. The number of hydrogen-bond acceptors (Lipinski definition) is 7. The van der Waals surface area contributed by atoms with E-state index in [9.17, 15) is 24.3 Å². The molecular formula is C46H66ClNO7. The fourth-order valence-electron chi connectivity index (χ4n) is 13.4. The Morgan fingerprint density at radius 1 is 0.964 bits per heavy atom. The van der Waals surface area contributed by atoms with Crippen LogP contribution >= 0.6 is 11.6 Å². The molecule has 55 heavy (non-hydrogen) atoms. The Hall–Kier alpha value is -2.71. The number of ketones is 1. The molecule has 3 unspecified atom stereocenters. The number of hydrogen-bond donors (Lipinski definition) is 2. The van der Waals surface area contributed by atoms with Crippen molar-refractivity contribution in [2.24, 2.45) is 56.2 Å². The van der Waals surface area contributed by atoms with Crippen molar-refractivity contribution in [3.8, 4) is 0 Å². The fourth-order valence-corrected chi connectivity index (χ4v) is 13.7. The minimum Gasteiger partial charge on any atom is -0.481 e. The minimum atomic E-state index is -1.18. The van der Waals surface area contributed by atoms with Gasteiger partial charge in [0, 0.05) is 42.3 Å². The van der Waals surface area contributed by atoms with Gasteiger partial charge in [0.2, 0.25) is 0 Å². The molecule has 1 aromatic carbocycles. The number of carboxylic acids is 1. The molecule has 0 spiro atoms. The van der Waals surface area contributed by atoms with Crippen molar-refractivity contribution < 1.29 is 33.8 Å². The van der Waals surface area contributed by atoms with Crippen LogP contribution in [0.25, 0.3) is 0 Å². The Kier molecular flexibility index (Phi) is 11.1. The van der Waals surface area contributed by atoms with E-state index in [1.54, 1.807) is 13.8 Å². The number of fused-ring (bicyclic) bond motifs is 7. The molecular weight excluding hydrogens is 714 g/mol. The zero-order chi connectivity index (χ0) is 40.5. The number of aliphatic carboxylic acids is 1. The van der Waals surface area contributed by atoms with Gasteiger partial charge >= 0.3 is 17.9 Å². The first kappa shape index (κ1) is 41.9. The van der Waals surface area contributed by atoms with Gasteiger partial charge in [-0.25, -0.2) is 0 Å². The van der Waals surface area contributed by atoms with Crippen molar-refractivity contribution in [1.82, 2.24) is 5.32 Å². The van der Waals surface area contributed by atoms with E-state index in [-0.39, 0.29) is 57.8 Å². The number of benzene rings is 1. The number of esters is 2. The van der Waals surface area contributed by atoms with Gasteiger partial charge in [-0.2, -0.15) is 0 Å². The summed E-state index contributed by atoms with van der Waals surface area (Å²) in [6.45, 7) is 22.1. The molecule has 9 heteroatoms. The normalized spacial score (nSPS) is 36.0. The third-order valence-corrected chi connectivity index (χ3v) is 16.6. The van der Waals surface area contributed by atoms with Crippen molar-refractivity contribution >= 4 is 35.3 Å². The third kappa shape index (κ3) is 6.91. The number of carboxylic acid groups (broad SMARTS) is 1. The molecule has 5 aliphatic carbocycles. The molecule has 0 radical (unpaired) electrons. The van der Waals surface area contributed by atoms with E-state index < -0.39 is 28.9 Å². The Balaban J connectivity index is 1.30. The molecule has 4 saturated carbocycles. The number of rotatable bonds is 11. The van der Waals surface area contributed by atoms with Crippen LogP contribution in [0.4, 0.5) is 0 Å². The molecule has 5 aliphatic rings. The molecule has 0 aliphatic heterocycles. The first-order valence-corrected chi connectivity index (χ1v) is 21.2. The van der Waals surface area contributed by atoms with Crippen LogP contribution in [0.5, 0.6) is 0 Å². The topological polar surface area (TPSA) is 119 Å². The van der Waals surface area contributed by atoms with E-state index in [2.05, 4.69) is 53.8 Å². The van der Waals surface area contributed by atoms with Crippen molar-refractivity contribution in [3.63, 3.8) is 0 Å². The van der Waals surface area contributed by atoms with Crippen molar-refractivity contribution in [3.05, 3.63) is 46.0 Å². The van der Waals surface area contributed by atoms with Crippen LogP contribution in [-0.4, -0.2) is 47.6 Å². The van der Waals surface area contributed by atoms with Gasteiger partial charge in [-0.05, 0) is 134 Å². The molecule has 9 atom stereocenters. The molecule has 6 rings (SSSR count). The second-order valence-corrected chi connectivity index (χ2v) is 20.9. The van der Waals surface area contributed by atoms with E-state index in [0.29, 0.717) is 36.4 Å². The van der Waals surface area contributed by atoms with Crippen LogP contribution < -0.4 is 5.32 Å². The molecule has 304 valence electrons. The summed E-state index contributed by atoms with van der Waals surface area (Å²) in [7, 11) is 0. The van der Waals surface area contributed by atoms with Crippen LogP contribution in [0.2, 0.25) is 5.02 Å². The zero-order valence-electron chi connectivity index (χ0n) is 35.0. The Morgan fingerprint density at radius 3 is 2.31 bits per heavy atom. The number of allylic oxidation sites excluding steroid dienone is 1. The first-order valence-electron chi connectivity index (χ1n) is 20.9. The Morgan fingerprint density at radius 2 is 1.67 bits per heavy atom. The lowest BCUT2D eigenvalue weighted by atomic mass is 9.33. The minimum absolute atomic E-state index is 0.0148. The van der Waals surface area contributed by atoms with Crippen molar-refractivity contribution in [2.75, 3.05) is 6.54 Å². The smallest absolute Gasteiger partial charge is 0.309 e. The SMILES string of the molecule is CC(=O)O[C@H](CNCc1cccc(Cl)c1)C12CC[C@]3(C)[C@H](CCC4[C@@]5(C)CC[C@H](OC(=O)CC(C)(C)C(=O)O)C(C)(C)C5CC[C@]43C)C1=C(C(C)C)C(=O)C2. The number of nitrogens with one attached hydrogen (secondary N) is 1. The number of carbonyl (C=O) groups is 4. The van der Waals surface area contributed by atoms with Crippen LogP contribution in [0, 0.1) is 56.2 Å². The highest BCUT2D eigenvalue weighted by molar-refractivity contribution is 6.30. The second-order valence-electron chi connectivity index (χ2n) is 20.4. The van der Waals surface area contributed by atoms with E-state index in [0.717, 1.165) is 62.5 Å². The van der Waals surface area contributed by atoms with Gasteiger partial charge in [0.1, 0.15) is 12.2 Å². The maximum Gasteiger partial charge on any atom is 0.309 e. The van der Waals surface area contributed by atoms with Gasteiger partial charge in [0.25, 0.3) is 0 Å². The summed E-state index contributed by atoms with van der Waals surface area (Å²) < 4.78 is 12.5. The van der Waals surface area contributed by atoms with Gasteiger partial charge in [-0.3, -0.25) is 19.2 Å². The summed E-state index contributed by atoms with van der Waals surface area (Å²) in [5, 5.41) is 13.9. The van der Waals surface area contributed by atoms with Gasteiger partial charge in [0.05, 0.1) is 11.8 Å². The van der Waals surface area contributed by atoms with Crippen LogP contribution in [-0.2, 0) is 35.2 Å². The highest BCUT2D eigenvalue weighted by atomic mass is 35.5. The fraction of sp³-hybridized carbons (Fsp3) is 0.739. The van der Waals surface area contributed by atoms with Crippen molar-refractivity contribution in [2.45, 2.75) is 152 Å². The number of Topliss-reactive ketones (excluding diaryl/α,β-unsaturated/α-hetero) is 1. The molecule has 8 nitrogen and oxygen atoms in total. The lowest BCUT2D eigenvalue weighted by molar-refractivity contribution is -0.235. The molecule has 0 bridgehead atoms. The number of carbonyl (C=O) groups excluding carboxylic acids is 3. The molecule has 0 aromatic heterocycles. The van der Waals surface area contributed by atoms with Gasteiger partial charge < -0.3 is 19.9 Å². The standard InChI is InChI=1S/C46H66ClNO7/c1-27(2)38-32(50)23-46(36(54-28(3)49)26-48-25-29-12-11-13-30(47)22-29)21-20-44(9)31(39(38)46)14-15-34-43(8)18-17-35(55-37(51)24-41(4,5)40(52)53)42(6,7)33(43)16-19-45(34,44)10/h11-13,22,27,31,33-36,48H,14-21,23-26H2,1-10H3,(H,52,53)/t31-,33?,34?,35+,36-,43+,44-,45-,46?/m1/s1. The monoisotopic (exact) mass is 779 g/mol. The summed E-state index contributed by atoms with van der Waals surface area (Å²) in [6.07, 6.45) is 7.12. The predicted molar refractivity (Wildman–Crippen MR) is 214 cm³/mol. The lowest BCUT2D eigenvalue weighted by Crippen LogP contribution is -2.66. The average Bonchev–Trinajstić information content (AvgIpc) is 3.38. The zero-order valence-corrected chi connectivity index (χ0v) is 35.8. The van der Waals surface area contributed by atoms with E-state index in [1.165, 1.54) is 12.5 Å². The van der Waals surface area contributed by atoms with Crippen LogP contribution in [0.1, 0.15) is 139 Å². The largest absolute Gasteiger partial charge is 0.481 e. The molecule has 0 heterocycles. The summed E-state index contributed by atoms with van der Waals surface area (Å²) in [5.74, 6) is -0.454. The van der Waals surface area contributed by atoms with Crippen LogP contribution in [0.15, 0.2) is 35.4 Å². The Bertz CT molecular complexity index is 1750. The lowest BCUT2D eigenvalue weighted by Gasteiger charge is -2.72. The summed E-state index contributed by atoms with van der Waals surface area (Å²) in [5.41, 5.74) is 1.31. The Labute approximate surface area is 334 Å². The molecule has 0 saturated heterocycles. The molecule has 2 N–H and O–H groups in total. The van der Waals surface area contributed by atoms with Crippen LogP contribution in [0.3, 0.4) is 0 Å². The van der Waals surface area contributed by atoms with Crippen molar-refractivity contribution in [1.29, 1.82) is 0 Å². The predicted octanol–water partition coefficient (Wildman–Crippen LogP) is 9.75. The third-order valence-electron chi connectivity index (χ3n) is 16.3. The number of ether oxygens (including phenoxy) is 2. The van der Waals surface area contributed by atoms with E-state index in [1.807, 2.05) is 24.3 Å². The van der Waals surface area contributed by atoms with Gasteiger partial charge in [-0.15, -0.1) is 0 Å². The highest BCUT2D eigenvalue weighted by Gasteiger charge is 2.71. The van der Waals surface area contributed by atoms with E-state index >= 15 is 0 Å². The quantitative estimate of drug-likeness (QED) is 0.213. The maximum absolute atomic E-state index is 14.3. The summed E-state index contributed by atoms with van der Waals surface area (Å²) in [6, 6.07) is 7.77. The van der Waals surface area contributed by atoms with Gasteiger partial charge in [0.15, 0.2) is 5.78 Å². The maximum atomic E-state index is 14.3.